The summed E-state index contributed by atoms with van der Waals surface area (Å²) in [5.41, 5.74) is 2.23. The van der Waals surface area contributed by atoms with Crippen molar-refractivity contribution in [1.29, 1.82) is 0 Å². The van der Waals surface area contributed by atoms with E-state index in [2.05, 4.69) is 39.0 Å². The molecule has 2 aromatic rings. The smallest absolute Gasteiger partial charge is 0.236 e. The van der Waals surface area contributed by atoms with Gasteiger partial charge >= 0.3 is 0 Å². The van der Waals surface area contributed by atoms with Gasteiger partial charge in [-0.05, 0) is 37.5 Å². The van der Waals surface area contributed by atoms with Crippen molar-refractivity contribution < 1.29 is 9.53 Å². The molecule has 0 atom stereocenters. The van der Waals surface area contributed by atoms with Crippen LogP contribution in [0.4, 0.5) is 0 Å². The number of nitrogens with zero attached hydrogens (tertiary/aromatic N) is 4. The maximum Gasteiger partial charge on any atom is 0.236 e. The molecular weight excluding hydrogens is 456 g/mol. The van der Waals surface area contributed by atoms with Crippen LogP contribution in [0.3, 0.4) is 0 Å². The molecule has 1 aromatic carbocycles. The minimum atomic E-state index is 0.278. The number of thiazole rings is 1. The fraction of sp³-hybridized carbons (Fsp3) is 0.500. The summed E-state index contributed by atoms with van der Waals surface area (Å²) in [5.74, 6) is 2.15. The number of rotatable bonds is 6. The van der Waals surface area contributed by atoms with E-state index < -0.39 is 0 Å². The number of allylic oxidation sites excluding steroid dienone is 4. The predicted octanol–water partition coefficient (Wildman–Crippen LogP) is 4.48. The third-order valence-corrected chi connectivity index (χ3v) is 8.88. The van der Waals surface area contributed by atoms with Crippen LogP contribution in [0.25, 0.3) is 10.6 Å². The lowest BCUT2D eigenvalue weighted by Crippen LogP contribution is -2.55. The summed E-state index contributed by atoms with van der Waals surface area (Å²) in [6, 6.07) is 8.98. The normalized spacial score (nSPS) is 21.4. The van der Waals surface area contributed by atoms with Crippen LogP contribution in [0.2, 0.25) is 0 Å². The number of benzene rings is 1. The number of carbonyl (C=O) groups excluding carboxylic acids is 1. The first-order valence-corrected chi connectivity index (χ1v) is 13.9. The Hall–Kier alpha value is -2.48. The van der Waals surface area contributed by atoms with Crippen LogP contribution < -0.4 is 4.74 Å². The second-order valence-electron chi connectivity index (χ2n) is 10.0. The number of fused-ring (bicyclic) bond motifs is 1. The highest BCUT2D eigenvalue weighted by molar-refractivity contribution is 7.15. The molecule has 1 saturated heterocycles. The summed E-state index contributed by atoms with van der Waals surface area (Å²) in [5, 5.41) is 1.01. The van der Waals surface area contributed by atoms with Crippen molar-refractivity contribution in [1.82, 2.24) is 19.7 Å². The number of para-hydroxylation sites is 1. The molecule has 6 nitrogen and oxygen atoms in total. The third-order valence-electron chi connectivity index (χ3n) is 7.76. The molecule has 35 heavy (non-hydrogen) atoms. The molecule has 0 bridgehead atoms. The summed E-state index contributed by atoms with van der Waals surface area (Å²) in [6.45, 7) is 6.03. The van der Waals surface area contributed by atoms with E-state index in [1.165, 1.54) is 29.8 Å². The SMILES string of the molecule is O=C(CN1CCc2nc(-c3ccccc3OC3=CC=CCC3)sc2C1)N1CCN(C2CCC2)CC1. The lowest BCUT2D eigenvalue weighted by molar-refractivity contribution is -0.135. The summed E-state index contributed by atoms with van der Waals surface area (Å²) in [4.78, 5) is 26.3. The highest BCUT2D eigenvalue weighted by Crippen LogP contribution is 2.37. The number of aromatic nitrogens is 1. The van der Waals surface area contributed by atoms with Crippen LogP contribution in [-0.4, -0.2) is 70.9 Å². The van der Waals surface area contributed by atoms with Crippen LogP contribution in [0.15, 0.2) is 48.3 Å². The summed E-state index contributed by atoms with van der Waals surface area (Å²) in [6.07, 6.45) is 13.2. The second-order valence-corrected chi connectivity index (χ2v) is 11.1. The largest absolute Gasteiger partial charge is 0.461 e. The Morgan fingerprint density at radius 3 is 2.71 bits per heavy atom. The number of ether oxygens (including phenoxy) is 1. The van der Waals surface area contributed by atoms with Gasteiger partial charge in [0.15, 0.2) is 0 Å². The molecule has 1 amide bonds. The lowest BCUT2D eigenvalue weighted by Gasteiger charge is -2.43. The Morgan fingerprint density at radius 2 is 1.94 bits per heavy atom. The second kappa shape index (κ2) is 10.2. The maximum atomic E-state index is 13.0. The van der Waals surface area contributed by atoms with Crippen molar-refractivity contribution in [3.05, 3.63) is 58.8 Å². The summed E-state index contributed by atoms with van der Waals surface area (Å²) in [7, 11) is 0. The molecular formula is C28H34N4O2S. The third kappa shape index (κ3) is 5.08. The number of carbonyl (C=O) groups is 1. The molecule has 0 N–H and O–H groups in total. The lowest BCUT2D eigenvalue weighted by atomic mass is 9.91. The van der Waals surface area contributed by atoms with E-state index in [9.17, 15) is 4.79 Å². The van der Waals surface area contributed by atoms with Crippen molar-refractivity contribution in [2.75, 3.05) is 39.3 Å². The van der Waals surface area contributed by atoms with Gasteiger partial charge in [-0.3, -0.25) is 14.6 Å². The molecule has 6 rings (SSSR count). The van der Waals surface area contributed by atoms with Crippen molar-refractivity contribution in [3.63, 3.8) is 0 Å². The van der Waals surface area contributed by atoms with E-state index in [0.717, 1.165) is 86.7 Å². The number of hydrogen-bond acceptors (Lipinski definition) is 6. The fourth-order valence-corrected chi connectivity index (χ4v) is 6.60. The van der Waals surface area contributed by atoms with E-state index >= 15 is 0 Å². The van der Waals surface area contributed by atoms with Gasteiger partial charge in [-0.15, -0.1) is 11.3 Å². The fourth-order valence-electron chi connectivity index (χ4n) is 5.42. The Balaban J connectivity index is 1.09. The zero-order valence-electron chi connectivity index (χ0n) is 20.3. The van der Waals surface area contributed by atoms with E-state index in [1.54, 1.807) is 11.3 Å². The molecule has 2 aliphatic heterocycles. The van der Waals surface area contributed by atoms with Crippen molar-refractivity contribution in [2.45, 2.75) is 51.1 Å². The zero-order valence-corrected chi connectivity index (χ0v) is 21.1. The van der Waals surface area contributed by atoms with E-state index in [1.807, 2.05) is 18.2 Å². The van der Waals surface area contributed by atoms with Crippen LogP contribution in [0.5, 0.6) is 5.75 Å². The van der Waals surface area contributed by atoms with E-state index in [-0.39, 0.29) is 5.91 Å². The van der Waals surface area contributed by atoms with Crippen LogP contribution in [0.1, 0.15) is 42.7 Å². The van der Waals surface area contributed by atoms with Crippen molar-refractivity contribution in [3.8, 4) is 16.3 Å². The molecule has 2 aliphatic carbocycles. The molecule has 3 heterocycles. The topological polar surface area (TPSA) is 48.9 Å². The first-order valence-electron chi connectivity index (χ1n) is 13.1. The van der Waals surface area contributed by atoms with Crippen LogP contribution >= 0.6 is 11.3 Å². The predicted molar refractivity (Wildman–Crippen MR) is 139 cm³/mol. The van der Waals surface area contributed by atoms with Crippen molar-refractivity contribution in [2.24, 2.45) is 0 Å². The Labute approximate surface area is 211 Å². The van der Waals surface area contributed by atoms with E-state index in [4.69, 9.17) is 9.72 Å². The molecule has 0 spiro atoms. The molecule has 1 saturated carbocycles. The zero-order chi connectivity index (χ0) is 23.6. The average Bonchev–Trinajstić information content (AvgIpc) is 3.28. The van der Waals surface area contributed by atoms with Gasteiger partial charge in [-0.2, -0.15) is 0 Å². The standard InChI is InChI=1S/C28H34N4O2S/c33-27(32-17-15-31(16-18-32)21-7-6-8-21)20-30-14-13-24-26(19-30)35-28(29-24)23-11-4-5-12-25(23)34-22-9-2-1-3-10-22/h1-2,4-5,9,11-12,21H,3,6-8,10,13-20H2. The van der Waals surface area contributed by atoms with Crippen molar-refractivity contribution >= 4 is 17.2 Å². The molecule has 0 radical (unpaired) electrons. The number of piperazine rings is 1. The van der Waals surface area contributed by atoms with Gasteiger partial charge in [-0.1, -0.05) is 30.7 Å². The quantitative estimate of drug-likeness (QED) is 0.598. The molecule has 184 valence electrons. The Kier molecular flexibility index (Phi) is 6.72. The Bertz CT molecular complexity index is 1130. The molecule has 0 unspecified atom stereocenters. The monoisotopic (exact) mass is 490 g/mol. The van der Waals surface area contributed by atoms with Gasteiger partial charge in [0.05, 0.1) is 17.8 Å². The summed E-state index contributed by atoms with van der Waals surface area (Å²) >= 11 is 1.75. The maximum absolute atomic E-state index is 13.0. The van der Waals surface area contributed by atoms with Crippen LogP contribution in [-0.2, 0) is 17.8 Å². The van der Waals surface area contributed by atoms with Gasteiger partial charge in [0.2, 0.25) is 5.91 Å². The molecule has 1 aromatic heterocycles. The molecule has 2 fully saturated rings. The van der Waals surface area contributed by atoms with Gasteiger partial charge in [0.25, 0.3) is 0 Å². The average molecular weight is 491 g/mol. The first-order chi connectivity index (χ1) is 17.2. The van der Waals surface area contributed by atoms with Gasteiger partial charge < -0.3 is 9.64 Å². The van der Waals surface area contributed by atoms with Gasteiger partial charge in [0, 0.05) is 63.0 Å². The Morgan fingerprint density at radius 1 is 1.09 bits per heavy atom. The molecule has 7 heteroatoms. The number of hydrogen-bond donors (Lipinski definition) is 0. The molecule has 4 aliphatic rings. The van der Waals surface area contributed by atoms with E-state index in [0.29, 0.717) is 6.54 Å². The minimum absolute atomic E-state index is 0.278. The van der Waals surface area contributed by atoms with Gasteiger partial charge in [-0.25, -0.2) is 4.98 Å². The highest BCUT2D eigenvalue weighted by atomic mass is 32.1. The van der Waals surface area contributed by atoms with Crippen LogP contribution in [0, 0.1) is 0 Å². The van der Waals surface area contributed by atoms with Gasteiger partial charge in [0.1, 0.15) is 16.5 Å². The summed E-state index contributed by atoms with van der Waals surface area (Å²) < 4.78 is 6.26. The minimum Gasteiger partial charge on any atom is -0.461 e. The first kappa shape index (κ1) is 23.0. The highest BCUT2D eigenvalue weighted by Gasteiger charge is 2.30. The number of amides is 1.